The van der Waals surface area contributed by atoms with Crippen molar-refractivity contribution in [3.05, 3.63) is 33.7 Å². The Hall–Kier alpha value is -2.15. The van der Waals surface area contributed by atoms with Crippen molar-refractivity contribution in [2.24, 2.45) is 0 Å². The van der Waals surface area contributed by atoms with Crippen molar-refractivity contribution in [2.75, 3.05) is 19.8 Å². The minimum Gasteiger partial charge on any atom is -0.462 e. The van der Waals surface area contributed by atoms with Gasteiger partial charge in [-0.25, -0.2) is 4.79 Å². The number of ether oxygens (including phenoxy) is 2. The Kier molecular flexibility index (Phi) is 3.50. The van der Waals surface area contributed by atoms with Crippen LogP contribution in [0, 0.1) is 0 Å². The first-order valence-electron chi connectivity index (χ1n) is 6.96. The number of amides is 1. The smallest absolute Gasteiger partial charge is 0.343 e. The molecule has 2 aliphatic heterocycles. The van der Waals surface area contributed by atoms with E-state index < -0.39 is 11.4 Å². The van der Waals surface area contributed by atoms with E-state index in [-0.39, 0.29) is 30.0 Å². The van der Waals surface area contributed by atoms with Crippen LogP contribution >= 0.6 is 0 Å². The van der Waals surface area contributed by atoms with Crippen molar-refractivity contribution >= 4 is 11.9 Å². The highest BCUT2D eigenvalue weighted by Crippen LogP contribution is 2.21. The second-order valence-electron chi connectivity index (χ2n) is 4.99. The minimum atomic E-state index is -0.669. The number of pyridine rings is 1. The highest BCUT2D eigenvalue weighted by atomic mass is 16.5. The molecule has 21 heavy (non-hydrogen) atoms. The van der Waals surface area contributed by atoms with E-state index in [1.165, 1.54) is 12.3 Å². The number of hydrogen-bond donors (Lipinski definition) is 0. The van der Waals surface area contributed by atoms with Gasteiger partial charge < -0.3 is 18.9 Å². The number of fused-ring (bicyclic) bond motifs is 2. The summed E-state index contributed by atoms with van der Waals surface area (Å²) in [6, 6.07) is 1.21. The molecule has 0 spiro atoms. The second kappa shape index (κ2) is 5.33. The van der Waals surface area contributed by atoms with Gasteiger partial charge in [0.2, 0.25) is 0 Å². The maximum Gasteiger partial charge on any atom is 0.343 e. The molecule has 1 fully saturated rings. The molecule has 1 atom stereocenters. The van der Waals surface area contributed by atoms with E-state index in [0.717, 1.165) is 6.42 Å². The van der Waals surface area contributed by atoms with Crippen LogP contribution in [0.5, 0.6) is 0 Å². The zero-order chi connectivity index (χ0) is 15.0. The first kappa shape index (κ1) is 13.8. The van der Waals surface area contributed by atoms with Crippen LogP contribution in [0.4, 0.5) is 0 Å². The van der Waals surface area contributed by atoms with Gasteiger partial charge in [-0.3, -0.25) is 9.59 Å². The molecule has 7 heteroatoms. The third-order valence-electron chi connectivity index (χ3n) is 3.66. The lowest BCUT2D eigenvalue weighted by Crippen LogP contribution is -2.53. The second-order valence-corrected chi connectivity index (χ2v) is 4.99. The Balaban J connectivity index is 2.01. The molecule has 0 radical (unpaired) electrons. The number of aromatic nitrogens is 1. The molecule has 3 heterocycles. The van der Waals surface area contributed by atoms with Crippen LogP contribution in [0.15, 0.2) is 17.1 Å². The Labute approximate surface area is 121 Å². The summed E-state index contributed by atoms with van der Waals surface area (Å²) in [5, 5.41) is 0. The standard InChI is InChI=1S/C14H16N2O5/c1-2-20-14(19)9-7-15-8-12-16(4-3-5-21-12)13(18)10(15)6-11(9)17/h6-7,12H,2-5,8H2,1H3. The summed E-state index contributed by atoms with van der Waals surface area (Å²) >= 11 is 0. The zero-order valence-electron chi connectivity index (χ0n) is 11.7. The predicted molar refractivity (Wildman–Crippen MR) is 72.1 cm³/mol. The Morgan fingerprint density at radius 3 is 3.05 bits per heavy atom. The lowest BCUT2D eigenvalue weighted by Gasteiger charge is -2.40. The van der Waals surface area contributed by atoms with Crippen LogP contribution in [0.1, 0.15) is 34.2 Å². The summed E-state index contributed by atoms with van der Waals surface area (Å²) < 4.78 is 12.0. The molecular formula is C14H16N2O5. The zero-order valence-corrected chi connectivity index (χ0v) is 11.7. The normalized spacial score (nSPS) is 20.7. The number of hydrogen-bond acceptors (Lipinski definition) is 5. The van der Waals surface area contributed by atoms with E-state index in [1.807, 2.05) is 0 Å². The first-order chi connectivity index (χ1) is 10.1. The van der Waals surface area contributed by atoms with Gasteiger partial charge in [0.1, 0.15) is 11.3 Å². The summed E-state index contributed by atoms with van der Waals surface area (Å²) in [5.74, 6) is -0.907. The Morgan fingerprint density at radius 1 is 1.48 bits per heavy atom. The molecule has 112 valence electrons. The molecule has 0 aliphatic carbocycles. The van der Waals surface area contributed by atoms with Gasteiger partial charge in [-0.1, -0.05) is 0 Å². The van der Waals surface area contributed by atoms with Gasteiger partial charge in [-0.05, 0) is 13.3 Å². The lowest BCUT2D eigenvalue weighted by atomic mass is 10.1. The lowest BCUT2D eigenvalue weighted by molar-refractivity contribution is -0.0918. The Morgan fingerprint density at radius 2 is 2.29 bits per heavy atom. The maximum atomic E-state index is 12.4. The summed E-state index contributed by atoms with van der Waals surface area (Å²) in [6.45, 7) is 3.50. The molecule has 1 amide bonds. The first-order valence-corrected chi connectivity index (χ1v) is 6.96. The van der Waals surface area contributed by atoms with Crippen molar-refractivity contribution < 1.29 is 19.1 Å². The van der Waals surface area contributed by atoms with E-state index >= 15 is 0 Å². The largest absolute Gasteiger partial charge is 0.462 e. The number of carbonyl (C=O) groups excluding carboxylic acids is 2. The molecule has 7 nitrogen and oxygen atoms in total. The van der Waals surface area contributed by atoms with Gasteiger partial charge in [-0.15, -0.1) is 0 Å². The van der Waals surface area contributed by atoms with Crippen LogP contribution in [0.3, 0.4) is 0 Å². The number of esters is 1. The van der Waals surface area contributed by atoms with Gasteiger partial charge in [0.25, 0.3) is 5.91 Å². The third kappa shape index (κ3) is 2.33. The SMILES string of the molecule is CCOC(=O)c1cn2c(cc1=O)C(=O)N1CCCOC1C2. The van der Waals surface area contributed by atoms with Gasteiger partial charge in [0.05, 0.1) is 19.8 Å². The topological polar surface area (TPSA) is 77.8 Å². The number of carbonyl (C=O) groups is 2. The number of rotatable bonds is 2. The van der Waals surface area contributed by atoms with Crippen molar-refractivity contribution in [2.45, 2.75) is 26.1 Å². The van der Waals surface area contributed by atoms with E-state index in [2.05, 4.69) is 0 Å². The van der Waals surface area contributed by atoms with E-state index in [1.54, 1.807) is 16.4 Å². The molecule has 0 saturated carbocycles. The Bertz CT molecular complexity index is 651. The highest BCUT2D eigenvalue weighted by Gasteiger charge is 2.35. The maximum absolute atomic E-state index is 12.4. The van der Waals surface area contributed by atoms with E-state index in [4.69, 9.17) is 9.47 Å². The molecule has 0 N–H and O–H groups in total. The van der Waals surface area contributed by atoms with E-state index in [0.29, 0.717) is 19.7 Å². The van der Waals surface area contributed by atoms with Gasteiger partial charge in [0, 0.05) is 18.8 Å². The highest BCUT2D eigenvalue weighted by molar-refractivity contribution is 5.95. The fraction of sp³-hybridized carbons (Fsp3) is 0.500. The summed E-state index contributed by atoms with van der Waals surface area (Å²) in [5.41, 5.74) is -0.267. The summed E-state index contributed by atoms with van der Waals surface area (Å²) in [4.78, 5) is 37.8. The quantitative estimate of drug-likeness (QED) is 0.729. The molecule has 2 aliphatic rings. The van der Waals surface area contributed by atoms with Gasteiger partial charge in [-0.2, -0.15) is 0 Å². The molecule has 1 saturated heterocycles. The molecule has 0 aromatic carbocycles. The molecule has 1 unspecified atom stereocenters. The van der Waals surface area contributed by atoms with Crippen molar-refractivity contribution in [1.82, 2.24) is 9.47 Å². The van der Waals surface area contributed by atoms with Crippen LogP contribution in [0.25, 0.3) is 0 Å². The van der Waals surface area contributed by atoms with Crippen molar-refractivity contribution in [3.8, 4) is 0 Å². The van der Waals surface area contributed by atoms with E-state index in [9.17, 15) is 14.4 Å². The van der Waals surface area contributed by atoms with Crippen LogP contribution in [0.2, 0.25) is 0 Å². The third-order valence-corrected chi connectivity index (χ3v) is 3.66. The van der Waals surface area contributed by atoms with Gasteiger partial charge >= 0.3 is 5.97 Å². The summed E-state index contributed by atoms with van der Waals surface area (Å²) in [7, 11) is 0. The fourth-order valence-electron chi connectivity index (χ4n) is 2.66. The molecule has 1 aromatic heterocycles. The fourth-order valence-corrected chi connectivity index (χ4v) is 2.66. The molecule has 1 aromatic rings. The van der Waals surface area contributed by atoms with Gasteiger partial charge in [0.15, 0.2) is 11.7 Å². The molecule has 3 rings (SSSR count). The van der Waals surface area contributed by atoms with Crippen molar-refractivity contribution in [3.63, 3.8) is 0 Å². The van der Waals surface area contributed by atoms with Crippen LogP contribution in [-0.2, 0) is 16.0 Å². The average molecular weight is 292 g/mol. The molecule has 0 bridgehead atoms. The van der Waals surface area contributed by atoms with Crippen molar-refractivity contribution in [1.29, 1.82) is 0 Å². The molecular weight excluding hydrogens is 276 g/mol. The monoisotopic (exact) mass is 292 g/mol. The van der Waals surface area contributed by atoms with Crippen LogP contribution in [-0.4, -0.2) is 47.3 Å². The average Bonchev–Trinajstić information content (AvgIpc) is 2.48. The number of nitrogens with zero attached hydrogens (tertiary/aromatic N) is 2. The predicted octanol–water partition coefficient (Wildman–Crippen LogP) is 0.227. The summed E-state index contributed by atoms with van der Waals surface area (Å²) in [6.07, 6.45) is 1.84. The van der Waals surface area contributed by atoms with Crippen LogP contribution < -0.4 is 5.43 Å². The minimum absolute atomic E-state index is 0.0577.